The van der Waals surface area contributed by atoms with Gasteiger partial charge in [0.15, 0.2) is 0 Å². The van der Waals surface area contributed by atoms with Gasteiger partial charge in [-0.3, -0.25) is 0 Å². The molecule has 0 aliphatic heterocycles. The van der Waals surface area contributed by atoms with Crippen LogP contribution in [0, 0.1) is 5.82 Å². The summed E-state index contributed by atoms with van der Waals surface area (Å²) in [4.78, 5) is 20.6. The summed E-state index contributed by atoms with van der Waals surface area (Å²) in [6, 6.07) is 21.7. The molecule has 0 saturated carbocycles. The van der Waals surface area contributed by atoms with E-state index < -0.39 is 0 Å². The Morgan fingerprint density at radius 1 is 0.862 bits per heavy atom. The number of nitrogens with zero attached hydrogens (tertiary/aromatic N) is 2. The minimum atomic E-state index is -0.299. The first kappa shape index (κ1) is 18.6. The average Bonchev–Trinajstić information content (AvgIpc) is 2.77. The van der Waals surface area contributed by atoms with Gasteiger partial charge in [0.05, 0.1) is 17.9 Å². The number of hydrogen-bond donors (Lipinski definition) is 2. The Labute approximate surface area is 167 Å². The van der Waals surface area contributed by atoms with Gasteiger partial charge in [0.25, 0.3) is 0 Å². The van der Waals surface area contributed by atoms with E-state index in [-0.39, 0.29) is 18.4 Å². The molecule has 0 saturated heterocycles. The molecule has 0 bridgehead atoms. The molecule has 2 amide bonds. The summed E-state index contributed by atoms with van der Waals surface area (Å²) in [5.74, 6) is -0.299. The topological polar surface area (TPSA) is 66.9 Å². The van der Waals surface area contributed by atoms with Gasteiger partial charge in [-0.05, 0) is 46.7 Å². The van der Waals surface area contributed by atoms with Crippen molar-refractivity contribution >= 4 is 16.8 Å². The van der Waals surface area contributed by atoms with Crippen LogP contribution in [-0.4, -0.2) is 16.0 Å². The Kier molecular flexibility index (Phi) is 5.42. The van der Waals surface area contributed by atoms with Crippen molar-refractivity contribution in [3.8, 4) is 11.3 Å². The fourth-order valence-electron chi connectivity index (χ4n) is 3.13. The highest BCUT2D eigenvalue weighted by Crippen LogP contribution is 2.19. The molecule has 6 heteroatoms. The number of rotatable bonds is 5. The van der Waals surface area contributed by atoms with E-state index in [2.05, 4.69) is 20.6 Å². The van der Waals surface area contributed by atoms with E-state index in [0.29, 0.717) is 17.9 Å². The summed E-state index contributed by atoms with van der Waals surface area (Å²) in [6.07, 6.45) is 1.43. The van der Waals surface area contributed by atoms with Crippen LogP contribution < -0.4 is 10.6 Å². The first-order valence-corrected chi connectivity index (χ1v) is 9.24. The van der Waals surface area contributed by atoms with E-state index in [0.717, 1.165) is 21.9 Å². The third-order valence-electron chi connectivity index (χ3n) is 4.61. The second kappa shape index (κ2) is 8.48. The molecule has 4 aromatic rings. The van der Waals surface area contributed by atoms with Crippen molar-refractivity contribution in [1.82, 2.24) is 20.6 Å². The van der Waals surface area contributed by atoms with E-state index in [1.54, 1.807) is 18.2 Å². The summed E-state index contributed by atoms with van der Waals surface area (Å²) in [5.41, 5.74) is 3.18. The molecule has 29 heavy (non-hydrogen) atoms. The number of amides is 2. The third kappa shape index (κ3) is 4.55. The normalized spacial score (nSPS) is 10.7. The number of carbonyl (C=O) groups excluding carboxylic acids is 1. The van der Waals surface area contributed by atoms with Gasteiger partial charge >= 0.3 is 6.03 Å². The van der Waals surface area contributed by atoms with E-state index in [4.69, 9.17) is 0 Å². The van der Waals surface area contributed by atoms with Gasteiger partial charge in [-0.15, -0.1) is 0 Å². The minimum Gasteiger partial charge on any atom is -0.334 e. The molecule has 2 N–H and O–H groups in total. The maximum absolute atomic E-state index is 13.1. The monoisotopic (exact) mass is 386 g/mol. The second-order valence-corrected chi connectivity index (χ2v) is 6.58. The Morgan fingerprint density at radius 3 is 2.48 bits per heavy atom. The first-order chi connectivity index (χ1) is 14.2. The maximum Gasteiger partial charge on any atom is 0.315 e. The number of urea groups is 1. The molecule has 0 radical (unpaired) electrons. The second-order valence-electron chi connectivity index (χ2n) is 6.58. The Morgan fingerprint density at radius 2 is 1.62 bits per heavy atom. The number of benzene rings is 3. The summed E-state index contributed by atoms with van der Waals surface area (Å²) in [5, 5.41) is 7.94. The van der Waals surface area contributed by atoms with Crippen LogP contribution in [0.1, 0.15) is 11.3 Å². The van der Waals surface area contributed by atoms with Crippen LogP contribution in [0.2, 0.25) is 0 Å². The molecule has 0 spiro atoms. The van der Waals surface area contributed by atoms with Crippen molar-refractivity contribution in [3.05, 3.63) is 96.2 Å². The molecule has 0 fully saturated rings. The number of fused-ring (bicyclic) bond motifs is 1. The lowest BCUT2D eigenvalue weighted by Crippen LogP contribution is -2.34. The van der Waals surface area contributed by atoms with Crippen molar-refractivity contribution < 1.29 is 9.18 Å². The van der Waals surface area contributed by atoms with E-state index in [9.17, 15) is 9.18 Å². The lowest BCUT2D eigenvalue weighted by Gasteiger charge is -2.10. The van der Waals surface area contributed by atoms with E-state index in [1.165, 1.54) is 18.5 Å². The standard InChI is InChI=1S/C23H19FN4O/c24-19-10-8-17(9-11-19)22-12-20(27-15-28-22)14-26-23(29)25-13-18-6-3-5-16-4-1-2-7-21(16)18/h1-12,15H,13-14H2,(H2,25,26,29). The highest BCUT2D eigenvalue weighted by atomic mass is 19.1. The number of nitrogens with one attached hydrogen (secondary N) is 2. The molecule has 3 aromatic carbocycles. The molecule has 0 aliphatic rings. The third-order valence-corrected chi connectivity index (χ3v) is 4.61. The fourth-order valence-corrected chi connectivity index (χ4v) is 3.13. The van der Waals surface area contributed by atoms with Crippen molar-refractivity contribution in [2.45, 2.75) is 13.1 Å². The summed E-state index contributed by atoms with van der Waals surface area (Å²) in [6.45, 7) is 0.690. The van der Waals surface area contributed by atoms with Crippen LogP contribution in [0.3, 0.4) is 0 Å². The molecular formula is C23H19FN4O. The van der Waals surface area contributed by atoms with Crippen LogP contribution in [0.15, 0.2) is 79.1 Å². The molecule has 0 aliphatic carbocycles. The average molecular weight is 386 g/mol. The van der Waals surface area contributed by atoms with Crippen molar-refractivity contribution in [3.63, 3.8) is 0 Å². The lowest BCUT2D eigenvalue weighted by atomic mass is 10.0. The largest absolute Gasteiger partial charge is 0.334 e. The summed E-state index contributed by atoms with van der Waals surface area (Å²) < 4.78 is 13.1. The molecular weight excluding hydrogens is 367 g/mol. The summed E-state index contributed by atoms with van der Waals surface area (Å²) in [7, 11) is 0. The van der Waals surface area contributed by atoms with Crippen LogP contribution in [0.4, 0.5) is 9.18 Å². The SMILES string of the molecule is O=C(NCc1cc(-c2ccc(F)cc2)ncn1)NCc1cccc2ccccc12. The summed E-state index contributed by atoms with van der Waals surface area (Å²) >= 11 is 0. The van der Waals surface area contributed by atoms with Crippen LogP contribution in [-0.2, 0) is 13.1 Å². The quantitative estimate of drug-likeness (QED) is 0.533. The van der Waals surface area contributed by atoms with Crippen LogP contribution >= 0.6 is 0 Å². The van der Waals surface area contributed by atoms with Gasteiger partial charge < -0.3 is 10.6 Å². The predicted octanol–water partition coefficient (Wildman–Crippen LogP) is 4.44. The zero-order chi connectivity index (χ0) is 20.1. The van der Waals surface area contributed by atoms with Crippen LogP contribution in [0.25, 0.3) is 22.0 Å². The van der Waals surface area contributed by atoms with Crippen molar-refractivity contribution in [1.29, 1.82) is 0 Å². The van der Waals surface area contributed by atoms with Gasteiger partial charge in [0.1, 0.15) is 12.1 Å². The van der Waals surface area contributed by atoms with Crippen molar-refractivity contribution in [2.24, 2.45) is 0 Å². The van der Waals surface area contributed by atoms with Gasteiger partial charge in [-0.25, -0.2) is 19.2 Å². The fraction of sp³-hybridized carbons (Fsp3) is 0.0870. The number of aromatic nitrogens is 2. The smallest absolute Gasteiger partial charge is 0.315 e. The van der Waals surface area contributed by atoms with Crippen molar-refractivity contribution in [2.75, 3.05) is 0 Å². The number of carbonyl (C=O) groups is 1. The highest BCUT2D eigenvalue weighted by molar-refractivity contribution is 5.86. The minimum absolute atomic E-state index is 0.262. The van der Waals surface area contributed by atoms with E-state index >= 15 is 0 Å². The lowest BCUT2D eigenvalue weighted by molar-refractivity contribution is 0.240. The van der Waals surface area contributed by atoms with Gasteiger partial charge in [0.2, 0.25) is 0 Å². The Hall–Kier alpha value is -3.80. The van der Waals surface area contributed by atoms with Gasteiger partial charge in [-0.2, -0.15) is 0 Å². The zero-order valence-corrected chi connectivity index (χ0v) is 15.6. The first-order valence-electron chi connectivity index (χ1n) is 9.24. The Bertz CT molecular complexity index is 1140. The molecule has 5 nitrogen and oxygen atoms in total. The number of hydrogen-bond acceptors (Lipinski definition) is 3. The predicted molar refractivity (Wildman–Crippen MR) is 110 cm³/mol. The highest BCUT2D eigenvalue weighted by Gasteiger charge is 2.06. The maximum atomic E-state index is 13.1. The molecule has 4 rings (SSSR count). The number of halogens is 1. The molecule has 0 atom stereocenters. The molecule has 1 aromatic heterocycles. The molecule has 1 heterocycles. The molecule has 144 valence electrons. The van der Waals surface area contributed by atoms with Gasteiger partial charge in [0, 0.05) is 12.1 Å². The molecule has 0 unspecified atom stereocenters. The zero-order valence-electron chi connectivity index (χ0n) is 15.6. The Balaban J connectivity index is 1.36. The van der Waals surface area contributed by atoms with Gasteiger partial charge in [-0.1, -0.05) is 42.5 Å². The van der Waals surface area contributed by atoms with Crippen LogP contribution in [0.5, 0.6) is 0 Å². The van der Waals surface area contributed by atoms with E-state index in [1.807, 2.05) is 42.5 Å².